The van der Waals surface area contributed by atoms with Crippen molar-refractivity contribution in [1.29, 1.82) is 0 Å². The summed E-state index contributed by atoms with van der Waals surface area (Å²) in [5, 5.41) is 9.27. The van der Waals surface area contributed by atoms with Crippen LogP contribution in [-0.4, -0.2) is 40.5 Å². The highest BCUT2D eigenvalue weighted by Gasteiger charge is 2.33. The fraction of sp³-hybridized carbons (Fsp3) is 0.217. The van der Waals surface area contributed by atoms with Crippen molar-refractivity contribution in [3.8, 4) is 11.8 Å². The highest BCUT2D eigenvalue weighted by molar-refractivity contribution is 6.30. The Kier molecular flexibility index (Phi) is 7.33. The largest absolute Gasteiger partial charge is 0.433 e. The average Bonchev–Trinajstić information content (AvgIpc) is 2.75. The summed E-state index contributed by atoms with van der Waals surface area (Å²) >= 11 is 6.01. The molecule has 6 nitrogen and oxygen atoms in total. The van der Waals surface area contributed by atoms with Crippen LogP contribution in [0.4, 0.5) is 13.2 Å². The van der Waals surface area contributed by atoms with Gasteiger partial charge in [0.05, 0.1) is 0 Å². The van der Waals surface area contributed by atoms with Crippen LogP contribution in [0.15, 0.2) is 64.8 Å². The van der Waals surface area contributed by atoms with E-state index in [1.54, 1.807) is 36.4 Å². The molecule has 0 saturated heterocycles. The predicted molar refractivity (Wildman–Crippen MR) is 122 cm³/mol. The smallest absolute Gasteiger partial charge is 0.424 e. The van der Waals surface area contributed by atoms with Crippen LogP contribution < -0.4 is 4.74 Å². The van der Waals surface area contributed by atoms with Crippen molar-refractivity contribution in [1.82, 2.24) is 14.9 Å². The van der Waals surface area contributed by atoms with Gasteiger partial charge in [-0.25, -0.2) is 4.98 Å². The molecule has 0 aliphatic heterocycles. The molecule has 1 aromatic heterocycles. The summed E-state index contributed by atoms with van der Waals surface area (Å²) in [4.78, 5) is 9.22. The monoisotopic (exact) mass is 475 g/mol. The number of aryl methyl sites for hydroxylation is 1. The number of rotatable bonds is 5. The first-order valence-electron chi connectivity index (χ1n) is 9.79. The lowest BCUT2D eigenvalue weighted by molar-refractivity contribution is -0.141. The van der Waals surface area contributed by atoms with E-state index in [4.69, 9.17) is 16.3 Å². The van der Waals surface area contributed by atoms with Gasteiger partial charge in [0.15, 0.2) is 5.69 Å². The zero-order valence-electron chi connectivity index (χ0n) is 18.4. The molecule has 0 aliphatic carbocycles. The molecule has 2 aromatic carbocycles. The van der Waals surface area contributed by atoms with Crippen LogP contribution in [0.5, 0.6) is 11.8 Å². The van der Waals surface area contributed by atoms with Crippen molar-refractivity contribution < 1.29 is 17.9 Å². The van der Waals surface area contributed by atoms with E-state index in [0.717, 1.165) is 17.2 Å². The van der Waals surface area contributed by atoms with E-state index < -0.39 is 11.9 Å². The Bertz CT molecular complexity index is 1170. The fourth-order valence-electron chi connectivity index (χ4n) is 2.62. The number of aromatic nitrogens is 2. The first-order valence-corrected chi connectivity index (χ1v) is 10.2. The molecule has 3 aromatic rings. The molecule has 0 radical (unpaired) electrons. The molecule has 0 N–H and O–H groups in total. The summed E-state index contributed by atoms with van der Waals surface area (Å²) in [5.74, 6) is 0.986. The minimum absolute atomic E-state index is 0.148. The molecule has 33 heavy (non-hydrogen) atoms. The molecule has 0 unspecified atom stereocenters. The summed E-state index contributed by atoms with van der Waals surface area (Å²) in [5.41, 5.74) is 1.19. The van der Waals surface area contributed by atoms with E-state index >= 15 is 0 Å². The third-order valence-corrected chi connectivity index (χ3v) is 4.77. The van der Waals surface area contributed by atoms with Gasteiger partial charge < -0.3 is 9.64 Å². The van der Waals surface area contributed by atoms with Crippen LogP contribution >= 0.6 is 11.6 Å². The van der Waals surface area contributed by atoms with Crippen molar-refractivity contribution in [2.24, 2.45) is 10.2 Å². The van der Waals surface area contributed by atoms with Gasteiger partial charge >= 0.3 is 12.2 Å². The van der Waals surface area contributed by atoms with Crippen molar-refractivity contribution in [2.45, 2.75) is 20.0 Å². The number of hydrogen-bond donors (Lipinski definition) is 0. The van der Waals surface area contributed by atoms with Gasteiger partial charge in [0, 0.05) is 35.9 Å². The number of hydrogen-bond acceptors (Lipinski definition) is 5. The molecule has 172 valence electrons. The second-order valence-electron chi connectivity index (χ2n) is 7.30. The highest BCUT2D eigenvalue weighted by atomic mass is 35.5. The van der Waals surface area contributed by atoms with Gasteiger partial charge in [-0.1, -0.05) is 23.7 Å². The Morgan fingerprint density at radius 2 is 1.52 bits per heavy atom. The maximum Gasteiger partial charge on any atom is 0.433 e. The van der Waals surface area contributed by atoms with E-state index in [0.29, 0.717) is 16.6 Å². The fourth-order valence-corrected chi connectivity index (χ4v) is 2.75. The van der Waals surface area contributed by atoms with E-state index in [1.807, 2.05) is 38.1 Å². The first kappa shape index (κ1) is 24.2. The van der Waals surface area contributed by atoms with Gasteiger partial charge in [-0.3, -0.25) is 0 Å². The summed E-state index contributed by atoms with van der Waals surface area (Å²) in [6, 6.07) is 14.3. The minimum atomic E-state index is -4.59. The zero-order chi connectivity index (χ0) is 24.2. The molecule has 10 heteroatoms. The second-order valence-corrected chi connectivity index (χ2v) is 7.73. The Morgan fingerprint density at radius 1 is 0.939 bits per heavy atom. The standard InChI is InChI=1S/C23H21ClF3N5O/c1-14-13-20(23(25,26)27)29-22(28-14)33-19-11-7-17(8-12-19)21(31-30-15(2)32(3)4)16-5-9-18(24)10-6-16/h5-13H,1-4H3. The molecule has 0 aliphatic rings. The highest BCUT2D eigenvalue weighted by Crippen LogP contribution is 2.30. The van der Waals surface area contributed by atoms with Gasteiger partial charge in [-0.2, -0.15) is 18.2 Å². The van der Waals surface area contributed by atoms with E-state index in [-0.39, 0.29) is 17.5 Å². The van der Waals surface area contributed by atoms with Gasteiger partial charge in [0.25, 0.3) is 0 Å². The molecule has 0 fully saturated rings. The Balaban J connectivity index is 1.92. The Hall–Kier alpha value is -3.46. The average molecular weight is 476 g/mol. The summed E-state index contributed by atoms with van der Waals surface area (Å²) < 4.78 is 44.5. The lowest BCUT2D eigenvalue weighted by Gasteiger charge is -2.11. The number of alkyl halides is 3. The van der Waals surface area contributed by atoms with Crippen molar-refractivity contribution >= 4 is 23.1 Å². The first-order chi connectivity index (χ1) is 15.5. The van der Waals surface area contributed by atoms with Crippen LogP contribution in [0.3, 0.4) is 0 Å². The Labute approximate surface area is 194 Å². The SMILES string of the molecule is CC(=NN=C(c1ccc(Cl)cc1)c1ccc(Oc2nc(C)cc(C(F)(F)F)n2)cc1)N(C)C. The van der Waals surface area contributed by atoms with Crippen LogP contribution in [-0.2, 0) is 6.18 Å². The molecular weight excluding hydrogens is 455 g/mol. The van der Waals surface area contributed by atoms with Crippen molar-refractivity contribution in [3.63, 3.8) is 0 Å². The Morgan fingerprint density at radius 3 is 2.06 bits per heavy atom. The third-order valence-electron chi connectivity index (χ3n) is 4.52. The van der Waals surface area contributed by atoms with Gasteiger partial charge in [-0.15, -0.1) is 10.2 Å². The summed E-state index contributed by atoms with van der Waals surface area (Å²) in [7, 11) is 3.72. The summed E-state index contributed by atoms with van der Waals surface area (Å²) in [6.45, 7) is 3.27. The van der Waals surface area contributed by atoms with Crippen LogP contribution in [0.1, 0.15) is 29.4 Å². The predicted octanol–water partition coefficient (Wildman–Crippen LogP) is 5.98. The van der Waals surface area contributed by atoms with Crippen molar-refractivity contribution in [2.75, 3.05) is 14.1 Å². The number of amidine groups is 1. The topological polar surface area (TPSA) is 63.0 Å². The molecule has 0 amide bonds. The third kappa shape index (κ3) is 6.52. The number of benzene rings is 2. The molecule has 0 bridgehead atoms. The maximum absolute atomic E-state index is 13.0. The van der Waals surface area contributed by atoms with Gasteiger partial charge in [-0.05, 0) is 56.3 Å². The van der Waals surface area contributed by atoms with Gasteiger partial charge in [0.1, 0.15) is 17.3 Å². The number of halogens is 4. The van der Waals surface area contributed by atoms with E-state index in [1.165, 1.54) is 6.92 Å². The van der Waals surface area contributed by atoms with Crippen LogP contribution in [0.25, 0.3) is 0 Å². The lowest BCUT2D eigenvalue weighted by Crippen LogP contribution is -2.18. The minimum Gasteiger partial charge on any atom is -0.424 e. The molecule has 3 rings (SSSR count). The van der Waals surface area contributed by atoms with Crippen molar-refractivity contribution in [3.05, 3.63) is 82.1 Å². The quantitative estimate of drug-likeness (QED) is 0.258. The summed E-state index contributed by atoms with van der Waals surface area (Å²) in [6.07, 6.45) is -4.59. The lowest BCUT2D eigenvalue weighted by atomic mass is 10.0. The molecule has 0 atom stereocenters. The molecular formula is C23H21ClF3N5O. The van der Waals surface area contributed by atoms with E-state index in [9.17, 15) is 13.2 Å². The second kappa shape index (κ2) is 9.99. The maximum atomic E-state index is 13.0. The van der Waals surface area contributed by atoms with Gasteiger partial charge in [0.2, 0.25) is 0 Å². The van der Waals surface area contributed by atoms with Crippen LogP contribution in [0.2, 0.25) is 5.02 Å². The molecule has 0 spiro atoms. The zero-order valence-corrected chi connectivity index (χ0v) is 19.1. The molecule has 0 saturated carbocycles. The van der Waals surface area contributed by atoms with Crippen LogP contribution in [0, 0.1) is 6.92 Å². The normalized spacial score (nSPS) is 12.6. The molecule has 1 heterocycles. The number of ether oxygens (including phenoxy) is 1. The van der Waals surface area contributed by atoms with E-state index in [2.05, 4.69) is 20.2 Å². The number of nitrogens with zero attached hydrogens (tertiary/aromatic N) is 5.